The summed E-state index contributed by atoms with van der Waals surface area (Å²) in [7, 11) is 4.26. The van der Waals surface area contributed by atoms with Gasteiger partial charge in [-0.1, -0.05) is 11.6 Å². The standard InChI is InChI=1S/C22H23ClN2O6/c1-14-12-15(6-8-17(14)23)25(11-5-10-24)19(26)13-31-22(27)16-7-9-18(28-2)21(30-4)20(16)29-3/h6-9,12H,5,11,13H2,1-4H3. The van der Waals surface area contributed by atoms with Crippen LogP contribution in [0, 0.1) is 18.3 Å². The molecule has 0 unspecified atom stereocenters. The molecule has 0 aromatic heterocycles. The topological polar surface area (TPSA) is 98.1 Å². The molecule has 0 heterocycles. The lowest BCUT2D eigenvalue weighted by molar-refractivity contribution is -0.121. The zero-order valence-corrected chi connectivity index (χ0v) is 18.5. The molecule has 0 atom stereocenters. The molecule has 0 bridgehead atoms. The Morgan fingerprint density at radius 1 is 1.06 bits per heavy atom. The van der Waals surface area contributed by atoms with Crippen LogP contribution in [0.3, 0.4) is 0 Å². The molecule has 0 aliphatic carbocycles. The van der Waals surface area contributed by atoms with Crippen LogP contribution in [0.4, 0.5) is 5.69 Å². The maximum atomic E-state index is 12.8. The molecular weight excluding hydrogens is 424 g/mol. The Balaban J connectivity index is 2.21. The average Bonchev–Trinajstić information content (AvgIpc) is 2.78. The van der Waals surface area contributed by atoms with E-state index in [2.05, 4.69) is 0 Å². The lowest BCUT2D eigenvalue weighted by atomic mass is 10.1. The van der Waals surface area contributed by atoms with Gasteiger partial charge in [-0.15, -0.1) is 0 Å². The number of benzene rings is 2. The van der Waals surface area contributed by atoms with Crippen molar-refractivity contribution >= 4 is 29.2 Å². The van der Waals surface area contributed by atoms with Gasteiger partial charge in [0.05, 0.1) is 33.8 Å². The quantitative estimate of drug-likeness (QED) is 0.540. The smallest absolute Gasteiger partial charge is 0.342 e. The first-order valence-corrected chi connectivity index (χ1v) is 9.65. The molecule has 1 amide bonds. The highest BCUT2D eigenvalue weighted by Crippen LogP contribution is 2.40. The van der Waals surface area contributed by atoms with Crippen molar-refractivity contribution in [1.82, 2.24) is 0 Å². The summed E-state index contributed by atoms with van der Waals surface area (Å²) in [6, 6.07) is 10.1. The molecular formula is C22H23ClN2O6. The van der Waals surface area contributed by atoms with E-state index in [0.717, 1.165) is 5.56 Å². The van der Waals surface area contributed by atoms with E-state index in [-0.39, 0.29) is 30.0 Å². The van der Waals surface area contributed by atoms with Crippen molar-refractivity contribution in [3.05, 3.63) is 46.5 Å². The predicted molar refractivity (Wildman–Crippen MR) is 115 cm³/mol. The Kier molecular flexibility index (Phi) is 8.53. The van der Waals surface area contributed by atoms with Crippen molar-refractivity contribution in [2.45, 2.75) is 13.3 Å². The van der Waals surface area contributed by atoms with E-state index in [0.29, 0.717) is 16.5 Å². The van der Waals surface area contributed by atoms with Gasteiger partial charge in [0, 0.05) is 17.3 Å². The van der Waals surface area contributed by atoms with Gasteiger partial charge in [-0.2, -0.15) is 5.26 Å². The third-order valence-electron chi connectivity index (χ3n) is 4.45. The highest BCUT2D eigenvalue weighted by molar-refractivity contribution is 6.31. The highest BCUT2D eigenvalue weighted by atomic mass is 35.5. The fourth-order valence-electron chi connectivity index (χ4n) is 2.90. The second kappa shape index (κ2) is 11.1. The van der Waals surface area contributed by atoms with Gasteiger partial charge in [-0.05, 0) is 42.8 Å². The maximum Gasteiger partial charge on any atom is 0.342 e. The second-order valence-electron chi connectivity index (χ2n) is 6.34. The molecule has 0 spiro atoms. The number of hydrogen-bond donors (Lipinski definition) is 0. The fraction of sp³-hybridized carbons (Fsp3) is 0.318. The van der Waals surface area contributed by atoms with Gasteiger partial charge in [0.25, 0.3) is 5.91 Å². The molecule has 0 saturated carbocycles. The summed E-state index contributed by atoms with van der Waals surface area (Å²) < 4.78 is 21.0. The third-order valence-corrected chi connectivity index (χ3v) is 4.88. The Labute approximate surface area is 185 Å². The van der Waals surface area contributed by atoms with Gasteiger partial charge in [0.15, 0.2) is 18.1 Å². The summed E-state index contributed by atoms with van der Waals surface area (Å²) in [5.41, 5.74) is 1.42. The second-order valence-corrected chi connectivity index (χ2v) is 6.75. The van der Waals surface area contributed by atoms with Crippen molar-refractivity contribution < 1.29 is 28.5 Å². The molecule has 0 aliphatic heterocycles. The molecule has 0 aliphatic rings. The number of nitriles is 1. The van der Waals surface area contributed by atoms with Crippen molar-refractivity contribution in [2.75, 3.05) is 39.4 Å². The van der Waals surface area contributed by atoms with E-state index in [1.807, 2.05) is 13.0 Å². The summed E-state index contributed by atoms with van der Waals surface area (Å²) in [6.45, 7) is 1.43. The van der Waals surface area contributed by atoms with Crippen LogP contribution >= 0.6 is 11.6 Å². The molecule has 164 valence electrons. The van der Waals surface area contributed by atoms with Gasteiger partial charge in [-0.25, -0.2) is 4.79 Å². The summed E-state index contributed by atoms with van der Waals surface area (Å²) >= 11 is 6.06. The minimum absolute atomic E-state index is 0.0823. The zero-order chi connectivity index (χ0) is 23.0. The Morgan fingerprint density at radius 3 is 2.35 bits per heavy atom. The monoisotopic (exact) mass is 446 g/mol. The fourth-order valence-corrected chi connectivity index (χ4v) is 3.02. The van der Waals surface area contributed by atoms with Crippen LogP contribution in [0.5, 0.6) is 17.2 Å². The lowest BCUT2D eigenvalue weighted by Gasteiger charge is -2.22. The Bertz CT molecular complexity index is 1000. The zero-order valence-electron chi connectivity index (χ0n) is 17.7. The highest BCUT2D eigenvalue weighted by Gasteiger charge is 2.24. The molecule has 8 nitrogen and oxygen atoms in total. The van der Waals surface area contributed by atoms with Crippen molar-refractivity contribution in [3.8, 4) is 23.3 Å². The number of anilines is 1. The van der Waals surface area contributed by atoms with Crippen LogP contribution in [0.2, 0.25) is 5.02 Å². The number of amides is 1. The first-order valence-electron chi connectivity index (χ1n) is 9.27. The average molecular weight is 447 g/mol. The number of esters is 1. The van der Waals surface area contributed by atoms with E-state index in [9.17, 15) is 9.59 Å². The van der Waals surface area contributed by atoms with E-state index >= 15 is 0 Å². The van der Waals surface area contributed by atoms with E-state index in [1.54, 1.807) is 18.2 Å². The van der Waals surface area contributed by atoms with Crippen molar-refractivity contribution in [2.24, 2.45) is 0 Å². The van der Waals surface area contributed by atoms with Crippen molar-refractivity contribution in [1.29, 1.82) is 5.26 Å². The number of nitrogens with zero attached hydrogens (tertiary/aromatic N) is 2. The number of halogens is 1. The summed E-state index contributed by atoms with van der Waals surface area (Å²) in [6.07, 6.45) is 0.116. The summed E-state index contributed by atoms with van der Waals surface area (Å²) in [4.78, 5) is 26.8. The summed E-state index contributed by atoms with van der Waals surface area (Å²) in [5.74, 6) is -0.497. The van der Waals surface area contributed by atoms with Gasteiger partial charge in [-0.3, -0.25) is 4.79 Å². The first kappa shape index (κ1) is 23.8. The van der Waals surface area contributed by atoms with Crippen LogP contribution in [0.25, 0.3) is 0 Å². The van der Waals surface area contributed by atoms with Crippen LogP contribution in [-0.2, 0) is 9.53 Å². The molecule has 0 radical (unpaired) electrons. The van der Waals surface area contributed by atoms with Gasteiger partial charge in [0.2, 0.25) is 5.75 Å². The lowest BCUT2D eigenvalue weighted by Crippen LogP contribution is -2.35. The van der Waals surface area contributed by atoms with Crippen LogP contribution in [0.15, 0.2) is 30.3 Å². The predicted octanol–water partition coefficient (Wildman–Crippen LogP) is 3.78. The number of rotatable bonds is 9. The maximum absolute atomic E-state index is 12.8. The minimum Gasteiger partial charge on any atom is -0.493 e. The van der Waals surface area contributed by atoms with Gasteiger partial charge in [0.1, 0.15) is 5.56 Å². The SMILES string of the molecule is COc1ccc(C(=O)OCC(=O)N(CCC#N)c2ccc(Cl)c(C)c2)c(OC)c1OC. The minimum atomic E-state index is -0.765. The molecule has 2 aromatic rings. The van der Waals surface area contributed by atoms with E-state index in [4.69, 9.17) is 35.8 Å². The Morgan fingerprint density at radius 2 is 1.77 bits per heavy atom. The molecule has 2 rings (SSSR count). The molecule has 31 heavy (non-hydrogen) atoms. The molecule has 0 N–H and O–H groups in total. The molecule has 9 heteroatoms. The first-order chi connectivity index (χ1) is 14.9. The number of aryl methyl sites for hydroxylation is 1. The molecule has 0 fully saturated rings. The van der Waals surface area contributed by atoms with E-state index < -0.39 is 18.5 Å². The molecule has 0 saturated heterocycles. The van der Waals surface area contributed by atoms with Gasteiger partial charge >= 0.3 is 5.97 Å². The largest absolute Gasteiger partial charge is 0.493 e. The number of methoxy groups -OCH3 is 3. The number of carbonyl (C=O) groups excluding carboxylic acids is 2. The third kappa shape index (κ3) is 5.58. The van der Waals surface area contributed by atoms with Crippen LogP contribution in [-0.4, -0.2) is 46.4 Å². The van der Waals surface area contributed by atoms with Crippen molar-refractivity contribution in [3.63, 3.8) is 0 Å². The molecule has 2 aromatic carbocycles. The van der Waals surface area contributed by atoms with Gasteiger partial charge < -0.3 is 23.8 Å². The van der Waals surface area contributed by atoms with Crippen LogP contribution in [0.1, 0.15) is 22.3 Å². The number of hydrogen-bond acceptors (Lipinski definition) is 7. The summed E-state index contributed by atoms with van der Waals surface area (Å²) in [5, 5.41) is 9.49. The normalized spacial score (nSPS) is 10.1. The van der Waals surface area contributed by atoms with Crippen LogP contribution < -0.4 is 19.1 Å². The van der Waals surface area contributed by atoms with E-state index in [1.165, 1.54) is 38.4 Å². The number of carbonyl (C=O) groups is 2. The Hall–Kier alpha value is -3.44. The number of ether oxygens (including phenoxy) is 4.